The normalized spacial score (nSPS) is 15.2. The molecular weight excluding hydrogens is 418 g/mol. The first-order valence-electron chi connectivity index (χ1n) is 11.0. The average Bonchev–Trinajstić information content (AvgIpc) is 2.84. The van der Waals surface area contributed by atoms with Crippen LogP contribution in [-0.2, 0) is 5.60 Å². The lowest BCUT2D eigenvalue weighted by atomic mass is 9.76. The summed E-state index contributed by atoms with van der Waals surface area (Å²) in [4.78, 5) is 0. The molecule has 0 saturated carbocycles. The van der Waals surface area contributed by atoms with Gasteiger partial charge >= 0.3 is 0 Å². The highest BCUT2D eigenvalue weighted by Gasteiger charge is 2.45. The van der Waals surface area contributed by atoms with E-state index < -0.39 is 23.3 Å². The zero-order valence-electron chi connectivity index (χ0n) is 19.6. The molecule has 6 nitrogen and oxygen atoms in total. The third kappa shape index (κ3) is 5.30. The molecule has 0 amide bonds. The van der Waals surface area contributed by atoms with Crippen molar-refractivity contribution in [2.75, 3.05) is 14.2 Å². The fourth-order valence-corrected chi connectivity index (χ4v) is 4.03. The summed E-state index contributed by atoms with van der Waals surface area (Å²) in [6.07, 6.45) is -0.802. The van der Waals surface area contributed by atoms with Gasteiger partial charge in [0.25, 0.3) is 0 Å². The minimum atomic E-state index is -1.44. The fraction of sp³-hybridized carbons (Fsp3) is 0.333. The highest BCUT2D eigenvalue weighted by Crippen LogP contribution is 2.40. The standard InChI is InChI=1S/C27H33NO5/c1-19(27(28,20(2)29)33-25-8-6-5-7-9-25)18-26(30,21-10-14-23(31-3)15-11-21)22-12-16-24(32-4)17-13-22/h5-17,19-20,29-30H,18,28H2,1-4H3/t19-,20?,27?/m1/s1. The lowest BCUT2D eigenvalue weighted by molar-refractivity contribution is -0.0961. The lowest BCUT2D eigenvalue weighted by Gasteiger charge is -2.42. The van der Waals surface area contributed by atoms with E-state index >= 15 is 0 Å². The third-order valence-electron chi connectivity index (χ3n) is 6.20. The summed E-state index contributed by atoms with van der Waals surface area (Å²) < 4.78 is 16.7. The van der Waals surface area contributed by atoms with Crippen LogP contribution in [0.15, 0.2) is 78.9 Å². The molecule has 0 aromatic heterocycles. The minimum Gasteiger partial charge on any atom is -0.497 e. The maximum absolute atomic E-state index is 12.1. The largest absolute Gasteiger partial charge is 0.497 e. The lowest BCUT2D eigenvalue weighted by Crippen LogP contribution is -2.60. The van der Waals surface area contributed by atoms with E-state index in [4.69, 9.17) is 19.9 Å². The van der Waals surface area contributed by atoms with Gasteiger partial charge in [0.1, 0.15) is 29.0 Å². The summed E-state index contributed by atoms with van der Waals surface area (Å²) in [7, 11) is 3.19. The van der Waals surface area contributed by atoms with Crippen molar-refractivity contribution in [2.45, 2.75) is 37.7 Å². The number of methoxy groups -OCH3 is 2. The van der Waals surface area contributed by atoms with E-state index in [-0.39, 0.29) is 6.42 Å². The van der Waals surface area contributed by atoms with Gasteiger partial charge in [0.15, 0.2) is 5.72 Å². The molecule has 0 heterocycles. The Morgan fingerprint density at radius 1 is 0.758 bits per heavy atom. The van der Waals surface area contributed by atoms with Crippen LogP contribution in [0.1, 0.15) is 31.4 Å². The second-order valence-corrected chi connectivity index (χ2v) is 8.37. The van der Waals surface area contributed by atoms with Gasteiger partial charge in [0.05, 0.1) is 14.2 Å². The molecule has 3 rings (SSSR count). The van der Waals surface area contributed by atoms with E-state index in [9.17, 15) is 10.2 Å². The molecule has 176 valence electrons. The Morgan fingerprint density at radius 2 is 1.21 bits per heavy atom. The van der Waals surface area contributed by atoms with Crippen molar-refractivity contribution in [3.05, 3.63) is 90.0 Å². The van der Waals surface area contributed by atoms with Crippen molar-refractivity contribution >= 4 is 0 Å². The predicted octanol–water partition coefficient (Wildman–Crippen LogP) is 4.08. The molecule has 0 aliphatic carbocycles. The van der Waals surface area contributed by atoms with Gasteiger partial charge in [-0.15, -0.1) is 0 Å². The number of aliphatic hydroxyl groups is 2. The SMILES string of the molecule is COc1ccc(C(O)(C[C@@H](C)C(N)(Oc2ccccc2)C(C)O)c2ccc(OC)cc2)cc1. The van der Waals surface area contributed by atoms with E-state index in [0.717, 1.165) is 0 Å². The molecule has 3 atom stereocenters. The second kappa shape index (κ2) is 10.3. The molecule has 3 aromatic rings. The minimum absolute atomic E-state index is 0.194. The highest BCUT2D eigenvalue weighted by molar-refractivity contribution is 5.41. The predicted molar refractivity (Wildman–Crippen MR) is 128 cm³/mol. The van der Waals surface area contributed by atoms with E-state index in [1.165, 1.54) is 0 Å². The summed E-state index contributed by atoms with van der Waals surface area (Å²) in [6.45, 7) is 3.47. The van der Waals surface area contributed by atoms with Crippen LogP contribution in [0, 0.1) is 5.92 Å². The molecule has 0 saturated heterocycles. The van der Waals surface area contributed by atoms with Crippen LogP contribution >= 0.6 is 0 Å². The smallest absolute Gasteiger partial charge is 0.186 e. The molecule has 2 unspecified atom stereocenters. The molecule has 0 aliphatic heterocycles. The second-order valence-electron chi connectivity index (χ2n) is 8.37. The van der Waals surface area contributed by atoms with Gasteiger partial charge in [-0.05, 0) is 60.9 Å². The third-order valence-corrected chi connectivity index (χ3v) is 6.20. The summed E-state index contributed by atoms with van der Waals surface area (Å²) >= 11 is 0. The number of nitrogens with two attached hydrogens (primary N) is 1. The van der Waals surface area contributed by atoms with Crippen molar-refractivity contribution in [3.8, 4) is 17.2 Å². The van der Waals surface area contributed by atoms with Gasteiger partial charge in [0.2, 0.25) is 0 Å². The zero-order chi connectivity index (χ0) is 24.1. The van der Waals surface area contributed by atoms with Crippen LogP contribution in [0.3, 0.4) is 0 Å². The van der Waals surface area contributed by atoms with E-state index in [2.05, 4.69) is 0 Å². The van der Waals surface area contributed by atoms with E-state index in [1.807, 2.05) is 49.4 Å². The van der Waals surface area contributed by atoms with Crippen molar-refractivity contribution in [3.63, 3.8) is 0 Å². The number of hydrogen-bond acceptors (Lipinski definition) is 6. The average molecular weight is 452 g/mol. The maximum atomic E-state index is 12.1. The van der Waals surface area contributed by atoms with Crippen molar-refractivity contribution in [2.24, 2.45) is 11.7 Å². The van der Waals surface area contributed by atoms with Gasteiger partial charge in [-0.3, -0.25) is 5.73 Å². The van der Waals surface area contributed by atoms with E-state index in [0.29, 0.717) is 28.4 Å². The van der Waals surface area contributed by atoms with Crippen LogP contribution in [-0.4, -0.2) is 36.3 Å². The Balaban J connectivity index is 2.01. The first-order chi connectivity index (χ1) is 15.7. The zero-order valence-corrected chi connectivity index (χ0v) is 19.6. The Hall–Kier alpha value is -3.06. The molecule has 4 N–H and O–H groups in total. The van der Waals surface area contributed by atoms with Crippen LogP contribution in [0.5, 0.6) is 17.2 Å². The number of aliphatic hydroxyl groups excluding tert-OH is 1. The topological polar surface area (TPSA) is 94.2 Å². The van der Waals surface area contributed by atoms with Crippen LogP contribution in [0.25, 0.3) is 0 Å². The molecule has 0 aliphatic rings. The molecule has 6 heteroatoms. The van der Waals surface area contributed by atoms with Gasteiger partial charge < -0.3 is 24.4 Å². The van der Waals surface area contributed by atoms with Crippen LogP contribution in [0.2, 0.25) is 0 Å². The van der Waals surface area contributed by atoms with Gasteiger partial charge in [-0.2, -0.15) is 0 Å². The first-order valence-corrected chi connectivity index (χ1v) is 11.0. The molecule has 0 fully saturated rings. The van der Waals surface area contributed by atoms with Crippen molar-refractivity contribution in [1.29, 1.82) is 0 Å². The fourth-order valence-electron chi connectivity index (χ4n) is 4.03. The molecule has 0 radical (unpaired) electrons. The Kier molecular flexibility index (Phi) is 7.64. The van der Waals surface area contributed by atoms with Crippen molar-refractivity contribution < 1.29 is 24.4 Å². The quantitative estimate of drug-likeness (QED) is 0.402. The molecule has 3 aromatic carbocycles. The number of hydrogen-bond donors (Lipinski definition) is 3. The summed E-state index contributed by atoms with van der Waals surface area (Å²) in [6, 6.07) is 23.7. The van der Waals surface area contributed by atoms with Crippen LogP contribution < -0.4 is 19.9 Å². The Labute approximate surface area is 195 Å². The highest BCUT2D eigenvalue weighted by atomic mass is 16.5. The molecular formula is C27H33NO5. The molecule has 0 bridgehead atoms. The van der Waals surface area contributed by atoms with Crippen LogP contribution in [0.4, 0.5) is 0 Å². The molecule has 0 spiro atoms. The van der Waals surface area contributed by atoms with Gasteiger partial charge in [0, 0.05) is 5.92 Å². The Bertz CT molecular complexity index is 957. The summed E-state index contributed by atoms with van der Waals surface area (Å²) in [5.74, 6) is 1.47. The van der Waals surface area contributed by atoms with Gasteiger partial charge in [-0.25, -0.2) is 0 Å². The molecule has 33 heavy (non-hydrogen) atoms. The number of benzene rings is 3. The van der Waals surface area contributed by atoms with E-state index in [1.54, 1.807) is 57.5 Å². The van der Waals surface area contributed by atoms with Crippen molar-refractivity contribution in [1.82, 2.24) is 0 Å². The number of rotatable bonds is 10. The van der Waals surface area contributed by atoms with Gasteiger partial charge in [-0.1, -0.05) is 49.4 Å². The number of ether oxygens (including phenoxy) is 3. The summed E-state index contributed by atoms with van der Waals surface area (Å²) in [5, 5.41) is 22.7. The number of para-hydroxylation sites is 1. The first kappa shape index (κ1) is 24.6. The maximum Gasteiger partial charge on any atom is 0.186 e. The monoisotopic (exact) mass is 451 g/mol. The summed E-state index contributed by atoms with van der Waals surface area (Å²) in [5.41, 5.74) is 5.15. The Morgan fingerprint density at radius 3 is 1.61 bits per heavy atom.